The molecule has 1 aromatic rings. The van der Waals surface area contributed by atoms with Crippen molar-refractivity contribution >= 4 is 65.0 Å². The largest absolute Gasteiger partial charge is 0.391 e. The van der Waals surface area contributed by atoms with Gasteiger partial charge in [-0.1, -0.05) is 89.6 Å². The van der Waals surface area contributed by atoms with Gasteiger partial charge in [0.2, 0.25) is 65.0 Å². The molecule has 1 heterocycles. The summed E-state index contributed by atoms with van der Waals surface area (Å²) in [6, 6.07) is -7.38. The van der Waals surface area contributed by atoms with Crippen LogP contribution in [0.25, 0.3) is 0 Å². The van der Waals surface area contributed by atoms with E-state index >= 15 is 0 Å². The second-order valence-electron chi connectivity index (χ2n) is 22.4. The van der Waals surface area contributed by atoms with Gasteiger partial charge in [0.15, 0.2) is 0 Å². The van der Waals surface area contributed by atoms with Crippen LogP contribution in [-0.4, -0.2) is 193 Å². The molecular formula is C57H101N17O13. The van der Waals surface area contributed by atoms with Gasteiger partial charge in [0.05, 0.1) is 18.2 Å². The van der Waals surface area contributed by atoms with Crippen molar-refractivity contribution < 1.29 is 63.0 Å². The summed E-state index contributed by atoms with van der Waals surface area (Å²) in [7, 11) is 0. The first-order chi connectivity index (χ1) is 41.3. The van der Waals surface area contributed by atoms with Crippen LogP contribution in [0.5, 0.6) is 0 Å². The van der Waals surface area contributed by atoms with E-state index in [0.717, 1.165) is 32.1 Å². The zero-order valence-corrected chi connectivity index (χ0v) is 51.2. The van der Waals surface area contributed by atoms with Crippen molar-refractivity contribution in [2.45, 2.75) is 210 Å². The standard InChI is InChI=1S/C57H101N17O13/c1-6-7-8-9-10-14-17-36(63)47(77)65-40(21-27-61)52(82)74-46(34(5)76)57(87)70-39(20-26-60)49(79)69-42-23-29-64-56(86)45(33(4)75)73-53(83)41(22-28-62)67-48(78)37(18-24-58)68-54(84)43(30-32(2)3)71-55(85)44(31-35-15-12-11-13-16-35)72-50(80)38(19-25-59)66-51(42)81/h11-13,15-16,32-34,36-46,75-76H,6-10,14,17-31,58-63H2,1-5H3,(H,64,86)(H,65,77)(H,66,81)(H,67,78)(H,68,84)(H,69,79)(H,70,87)(H,71,85)(H,72,80)(H,73,83)(H,74,82)/t33-,34-,36+,37+,38+,39+,40+,41+,42+,43+,44-,45+,46+/m1/s1. The van der Waals surface area contributed by atoms with Gasteiger partial charge in [-0.05, 0) is 109 Å². The zero-order valence-electron chi connectivity index (χ0n) is 51.2. The normalized spacial score (nSPS) is 22.6. The van der Waals surface area contributed by atoms with E-state index in [1.807, 2.05) is 0 Å². The van der Waals surface area contributed by atoms with E-state index < -0.39 is 157 Å². The lowest BCUT2D eigenvalue weighted by Crippen LogP contribution is -2.62. The smallest absolute Gasteiger partial charge is 0.245 e. The summed E-state index contributed by atoms with van der Waals surface area (Å²) in [4.78, 5) is 154. The molecule has 0 aromatic heterocycles. The third-order valence-electron chi connectivity index (χ3n) is 14.4. The predicted molar refractivity (Wildman–Crippen MR) is 324 cm³/mol. The lowest BCUT2D eigenvalue weighted by atomic mass is 10.00. The number of nitrogens with one attached hydrogen (secondary N) is 11. The van der Waals surface area contributed by atoms with Crippen LogP contribution in [0.2, 0.25) is 0 Å². The fraction of sp³-hybridized carbons (Fsp3) is 0.702. The number of aliphatic hydroxyl groups excluding tert-OH is 2. The molecule has 1 saturated heterocycles. The molecular weight excluding hydrogens is 1130 g/mol. The number of carbonyl (C=O) groups excluding carboxylic acids is 11. The summed E-state index contributed by atoms with van der Waals surface area (Å²) in [5.74, 6) is -10.3. The molecule has 0 bridgehead atoms. The average molecular weight is 1230 g/mol. The third-order valence-corrected chi connectivity index (χ3v) is 14.4. The van der Waals surface area contributed by atoms with E-state index in [0.29, 0.717) is 18.4 Å². The summed E-state index contributed by atoms with van der Waals surface area (Å²) in [6.45, 7) is 6.82. The predicted octanol–water partition coefficient (Wildman–Crippen LogP) is -5.77. The Hall–Kier alpha value is -6.93. The van der Waals surface area contributed by atoms with Crippen molar-refractivity contribution in [2.24, 2.45) is 40.3 Å². The number of hydrogen-bond acceptors (Lipinski definition) is 19. The Labute approximate surface area is 509 Å². The fourth-order valence-corrected chi connectivity index (χ4v) is 9.43. The van der Waals surface area contributed by atoms with E-state index in [2.05, 4.69) is 65.4 Å². The van der Waals surface area contributed by atoms with Crippen molar-refractivity contribution in [1.82, 2.24) is 58.5 Å². The van der Waals surface area contributed by atoms with Crippen molar-refractivity contribution in [2.75, 3.05) is 39.3 Å². The number of nitrogens with two attached hydrogens (primary N) is 6. The van der Waals surface area contributed by atoms with E-state index in [4.69, 9.17) is 34.4 Å². The van der Waals surface area contributed by atoms with Gasteiger partial charge in [0, 0.05) is 13.0 Å². The van der Waals surface area contributed by atoms with Gasteiger partial charge < -0.3 is 103 Å². The Balaban J connectivity index is 2.66. The first-order valence-electron chi connectivity index (χ1n) is 30.3. The number of rotatable bonds is 31. The van der Waals surface area contributed by atoms with Crippen molar-refractivity contribution in [3.8, 4) is 0 Å². The highest BCUT2D eigenvalue weighted by Crippen LogP contribution is 2.13. The molecule has 0 saturated carbocycles. The summed E-state index contributed by atoms with van der Waals surface area (Å²) in [5.41, 5.74) is 36.1. The average Bonchev–Trinajstić information content (AvgIpc) is 3.69. The van der Waals surface area contributed by atoms with Crippen LogP contribution in [0.1, 0.15) is 130 Å². The van der Waals surface area contributed by atoms with Gasteiger partial charge in [-0.25, -0.2) is 0 Å². The minimum absolute atomic E-state index is 0.0417. The zero-order chi connectivity index (χ0) is 65.2. The maximum absolute atomic E-state index is 14.6. The van der Waals surface area contributed by atoms with E-state index in [1.165, 1.54) is 13.8 Å². The lowest BCUT2D eigenvalue weighted by Gasteiger charge is -2.29. The maximum atomic E-state index is 14.6. The molecule has 1 fully saturated rings. The van der Waals surface area contributed by atoms with E-state index in [1.54, 1.807) is 44.2 Å². The molecule has 0 radical (unpaired) electrons. The van der Waals surface area contributed by atoms with Crippen molar-refractivity contribution in [1.29, 1.82) is 0 Å². The van der Waals surface area contributed by atoms with Gasteiger partial charge in [-0.2, -0.15) is 0 Å². The van der Waals surface area contributed by atoms with Gasteiger partial charge in [-0.15, -0.1) is 0 Å². The second kappa shape index (κ2) is 41.3. The van der Waals surface area contributed by atoms with Crippen molar-refractivity contribution in [3.05, 3.63) is 35.9 Å². The fourth-order valence-electron chi connectivity index (χ4n) is 9.43. The Bertz CT molecular complexity index is 2350. The molecule has 0 spiro atoms. The first kappa shape index (κ1) is 76.2. The molecule has 1 aliphatic heterocycles. The Morgan fingerprint density at radius 2 is 1.01 bits per heavy atom. The van der Waals surface area contributed by atoms with Gasteiger partial charge >= 0.3 is 0 Å². The highest BCUT2D eigenvalue weighted by molar-refractivity contribution is 5.99. The summed E-state index contributed by atoms with van der Waals surface area (Å²) < 4.78 is 0. The Morgan fingerprint density at radius 1 is 0.540 bits per heavy atom. The number of hydrogen-bond donors (Lipinski definition) is 19. The molecule has 30 nitrogen and oxygen atoms in total. The highest BCUT2D eigenvalue weighted by Gasteiger charge is 2.38. The summed E-state index contributed by atoms with van der Waals surface area (Å²) in [6.07, 6.45) is 1.50. The molecule has 30 heteroatoms. The minimum Gasteiger partial charge on any atom is -0.391 e. The molecule has 13 atom stereocenters. The van der Waals surface area contributed by atoms with Crippen molar-refractivity contribution in [3.63, 3.8) is 0 Å². The van der Waals surface area contributed by atoms with Gasteiger partial charge in [0.25, 0.3) is 0 Å². The summed E-state index contributed by atoms with van der Waals surface area (Å²) in [5, 5.41) is 49.6. The van der Waals surface area contributed by atoms with Crippen LogP contribution >= 0.6 is 0 Å². The van der Waals surface area contributed by atoms with Crippen LogP contribution in [0.15, 0.2) is 30.3 Å². The molecule has 0 aliphatic carbocycles. The Kier molecular flexibility index (Phi) is 36.1. The van der Waals surface area contributed by atoms with Crippen LogP contribution < -0.4 is 92.9 Å². The van der Waals surface area contributed by atoms with Gasteiger partial charge in [-0.3, -0.25) is 52.7 Å². The van der Waals surface area contributed by atoms with E-state index in [-0.39, 0.29) is 83.6 Å². The Morgan fingerprint density at radius 3 is 1.53 bits per heavy atom. The minimum atomic E-state index is -1.74. The van der Waals surface area contributed by atoms with E-state index in [9.17, 15) is 63.0 Å². The maximum Gasteiger partial charge on any atom is 0.245 e. The first-order valence-corrected chi connectivity index (χ1v) is 30.3. The number of carbonyl (C=O) groups is 11. The summed E-state index contributed by atoms with van der Waals surface area (Å²) >= 11 is 0. The second-order valence-corrected chi connectivity index (χ2v) is 22.4. The third kappa shape index (κ3) is 27.8. The highest BCUT2D eigenvalue weighted by atomic mass is 16.3. The SMILES string of the molecule is CCCCCCCC[C@H](N)C(=O)N[C@@H](CCN)C(=O)N[C@H](C(=O)N[C@@H](CCN)C(=O)N[C@H]1CCNC(=O)[C@H]([C@@H](C)O)NC(=O)[C@H](CCN)NC(=O)[C@H](CCN)NC(=O)[C@H](CC(C)C)NC(=O)[C@@H](Cc2ccccc2)NC(=O)[C@H](CCN)NC1=O)[C@@H](C)O. The molecule has 492 valence electrons. The number of amides is 11. The van der Waals surface area contributed by atoms with Crippen LogP contribution in [0.4, 0.5) is 0 Å². The monoisotopic (exact) mass is 1230 g/mol. The molecule has 1 aromatic carbocycles. The van der Waals surface area contributed by atoms with Gasteiger partial charge in [0.1, 0.15) is 60.4 Å². The molecule has 1 aliphatic rings. The van der Waals surface area contributed by atoms with Crippen LogP contribution in [-0.2, 0) is 59.2 Å². The lowest BCUT2D eigenvalue weighted by molar-refractivity contribution is -0.137. The van der Waals surface area contributed by atoms with Crippen LogP contribution in [0.3, 0.4) is 0 Å². The molecule has 87 heavy (non-hydrogen) atoms. The quantitative estimate of drug-likeness (QED) is 0.0308. The number of unbranched alkanes of at least 4 members (excludes halogenated alkanes) is 5. The number of aliphatic hydroxyl groups is 2. The molecule has 11 amide bonds. The topological polar surface area (TPSA) is 517 Å². The van der Waals surface area contributed by atoms with Crippen LogP contribution in [0, 0.1) is 5.92 Å². The molecule has 25 N–H and O–H groups in total. The number of benzene rings is 1. The molecule has 0 unspecified atom stereocenters. The molecule has 2 rings (SSSR count).